The fourth-order valence-corrected chi connectivity index (χ4v) is 3.07. The van der Waals surface area contributed by atoms with Gasteiger partial charge in [0.25, 0.3) is 0 Å². The molecule has 3 heteroatoms. The largest absolute Gasteiger partial charge is 0.394 e. The molecule has 1 saturated heterocycles. The second-order valence-electron chi connectivity index (χ2n) is 5.78. The number of aryl methyl sites for hydroxylation is 1. The van der Waals surface area contributed by atoms with Crippen LogP contribution < -0.4 is 4.90 Å². The van der Waals surface area contributed by atoms with E-state index in [1.54, 1.807) is 0 Å². The Morgan fingerprint density at radius 3 is 2.68 bits per heavy atom. The molecule has 1 aromatic rings. The summed E-state index contributed by atoms with van der Waals surface area (Å²) in [5.41, 5.74) is 2.64. The Bertz CT molecular complexity index is 419. The minimum absolute atomic E-state index is 0.0981. The molecular weight excluding hydrogens is 236 g/mol. The standard InChI is InChI=1S/C16H26N2O/c1-4-14-8-5-6-9-15(14)18-11-7-10-16(12-18,13-19)17(2)3/h5-6,8-9,19H,4,7,10-13H2,1-3H3. The zero-order valence-corrected chi connectivity index (χ0v) is 12.4. The molecule has 1 heterocycles. The van der Waals surface area contributed by atoms with E-state index in [1.165, 1.54) is 11.3 Å². The topological polar surface area (TPSA) is 26.7 Å². The highest BCUT2D eigenvalue weighted by molar-refractivity contribution is 5.54. The van der Waals surface area contributed by atoms with E-state index in [0.717, 1.165) is 32.4 Å². The maximum atomic E-state index is 9.83. The number of nitrogens with zero attached hydrogens (tertiary/aromatic N) is 2. The van der Waals surface area contributed by atoms with Crippen molar-refractivity contribution in [1.29, 1.82) is 0 Å². The average molecular weight is 262 g/mol. The number of anilines is 1. The predicted molar refractivity (Wildman–Crippen MR) is 80.8 cm³/mol. The van der Waals surface area contributed by atoms with Gasteiger partial charge in [-0.2, -0.15) is 0 Å². The molecule has 1 N–H and O–H groups in total. The minimum Gasteiger partial charge on any atom is -0.394 e. The molecule has 2 rings (SSSR count). The van der Waals surface area contributed by atoms with Crippen molar-refractivity contribution < 1.29 is 5.11 Å². The van der Waals surface area contributed by atoms with Gasteiger partial charge in [-0.05, 0) is 45.0 Å². The van der Waals surface area contributed by atoms with Crippen molar-refractivity contribution in [1.82, 2.24) is 4.90 Å². The van der Waals surface area contributed by atoms with Gasteiger partial charge in [-0.15, -0.1) is 0 Å². The molecule has 0 bridgehead atoms. The Morgan fingerprint density at radius 2 is 2.05 bits per heavy atom. The molecule has 0 aliphatic carbocycles. The van der Waals surface area contributed by atoms with Crippen LogP contribution >= 0.6 is 0 Å². The predicted octanol–water partition coefficient (Wildman–Crippen LogP) is 2.14. The van der Waals surface area contributed by atoms with Gasteiger partial charge in [0.1, 0.15) is 0 Å². The number of benzene rings is 1. The van der Waals surface area contributed by atoms with Crippen molar-refractivity contribution >= 4 is 5.69 Å². The summed E-state index contributed by atoms with van der Waals surface area (Å²) < 4.78 is 0. The summed E-state index contributed by atoms with van der Waals surface area (Å²) >= 11 is 0. The van der Waals surface area contributed by atoms with Crippen LogP contribution in [0, 0.1) is 0 Å². The van der Waals surface area contributed by atoms with Gasteiger partial charge in [0.2, 0.25) is 0 Å². The Kier molecular flexibility index (Phi) is 4.48. The van der Waals surface area contributed by atoms with Gasteiger partial charge in [0, 0.05) is 18.8 Å². The number of rotatable bonds is 4. The highest BCUT2D eigenvalue weighted by atomic mass is 16.3. The van der Waals surface area contributed by atoms with Gasteiger partial charge >= 0.3 is 0 Å². The van der Waals surface area contributed by atoms with Gasteiger partial charge in [-0.25, -0.2) is 0 Å². The van der Waals surface area contributed by atoms with Gasteiger partial charge in [0.05, 0.1) is 12.1 Å². The first-order valence-corrected chi connectivity index (χ1v) is 7.24. The van der Waals surface area contributed by atoms with E-state index in [4.69, 9.17) is 0 Å². The first-order valence-electron chi connectivity index (χ1n) is 7.24. The van der Waals surface area contributed by atoms with Crippen molar-refractivity contribution in [2.75, 3.05) is 38.7 Å². The zero-order chi connectivity index (χ0) is 13.9. The maximum Gasteiger partial charge on any atom is 0.0632 e. The van der Waals surface area contributed by atoms with E-state index in [-0.39, 0.29) is 12.1 Å². The van der Waals surface area contributed by atoms with E-state index in [1.807, 2.05) is 0 Å². The van der Waals surface area contributed by atoms with Crippen LogP contribution in [0.2, 0.25) is 0 Å². The van der Waals surface area contributed by atoms with E-state index >= 15 is 0 Å². The second-order valence-corrected chi connectivity index (χ2v) is 5.78. The van der Waals surface area contributed by atoms with Gasteiger partial charge in [0.15, 0.2) is 0 Å². The Balaban J connectivity index is 2.26. The number of likely N-dealkylation sites (N-methyl/N-ethyl adjacent to an activating group) is 1. The lowest BCUT2D eigenvalue weighted by Crippen LogP contribution is -2.58. The fourth-order valence-electron chi connectivity index (χ4n) is 3.07. The summed E-state index contributed by atoms with van der Waals surface area (Å²) in [4.78, 5) is 4.63. The molecule has 0 saturated carbocycles. The first-order chi connectivity index (χ1) is 9.13. The SMILES string of the molecule is CCc1ccccc1N1CCCC(CO)(N(C)C)C1. The lowest BCUT2D eigenvalue weighted by molar-refractivity contribution is 0.0547. The van der Waals surface area contributed by atoms with E-state index in [2.05, 4.69) is 55.1 Å². The van der Waals surface area contributed by atoms with Crippen LogP contribution in [-0.4, -0.2) is 49.3 Å². The lowest BCUT2D eigenvalue weighted by Gasteiger charge is -2.47. The summed E-state index contributed by atoms with van der Waals surface area (Å²) in [6, 6.07) is 8.64. The van der Waals surface area contributed by atoms with E-state index in [9.17, 15) is 5.11 Å². The van der Waals surface area contributed by atoms with Crippen LogP contribution in [0.4, 0.5) is 5.69 Å². The third-order valence-corrected chi connectivity index (χ3v) is 4.51. The van der Waals surface area contributed by atoms with Crippen LogP contribution in [0.1, 0.15) is 25.3 Å². The molecule has 0 spiro atoms. The summed E-state index contributed by atoms with van der Waals surface area (Å²) in [5, 5.41) is 9.83. The van der Waals surface area contributed by atoms with Crippen molar-refractivity contribution in [2.24, 2.45) is 0 Å². The summed E-state index contributed by atoms with van der Waals surface area (Å²) in [7, 11) is 4.15. The number of aliphatic hydroxyl groups is 1. The van der Waals surface area contributed by atoms with Gasteiger partial charge in [-0.3, -0.25) is 4.90 Å². The molecule has 1 fully saturated rings. The summed E-state index contributed by atoms with van der Waals surface area (Å²) in [6.07, 6.45) is 3.26. The number of para-hydroxylation sites is 1. The Hall–Kier alpha value is -1.06. The van der Waals surface area contributed by atoms with E-state index in [0.29, 0.717) is 0 Å². The minimum atomic E-state index is -0.0981. The van der Waals surface area contributed by atoms with E-state index < -0.39 is 0 Å². The summed E-state index contributed by atoms with van der Waals surface area (Å²) in [5.74, 6) is 0. The molecule has 0 amide bonds. The molecule has 1 unspecified atom stereocenters. The number of piperidine rings is 1. The molecule has 1 aliphatic heterocycles. The lowest BCUT2D eigenvalue weighted by atomic mass is 9.88. The van der Waals surface area contributed by atoms with Crippen LogP contribution in [0.5, 0.6) is 0 Å². The number of hydrogen-bond acceptors (Lipinski definition) is 3. The van der Waals surface area contributed by atoms with Crippen LogP contribution in [0.25, 0.3) is 0 Å². The molecular formula is C16H26N2O. The van der Waals surface area contributed by atoms with Crippen LogP contribution in [0.3, 0.4) is 0 Å². The average Bonchev–Trinajstić information content (AvgIpc) is 2.47. The highest BCUT2D eigenvalue weighted by Crippen LogP contribution is 2.31. The molecule has 106 valence electrons. The number of hydrogen-bond donors (Lipinski definition) is 1. The Labute approximate surface area is 116 Å². The molecule has 19 heavy (non-hydrogen) atoms. The first kappa shape index (κ1) is 14.4. The van der Waals surface area contributed by atoms with Gasteiger partial charge < -0.3 is 10.0 Å². The Morgan fingerprint density at radius 1 is 1.32 bits per heavy atom. The van der Waals surface area contributed by atoms with Crippen molar-refractivity contribution in [3.63, 3.8) is 0 Å². The summed E-state index contributed by atoms with van der Waals surface area (Å²) in [6.45, 7) is 4.43. The van der Waals surface area contributed by atoms with Crippen molar-refractivity contribution in [3.05, 3.63) is 29.8 Å². The molecule has 3 nitrogen and oxygen atoms in total. The quantitative estimate of drug-likeness (QED) is 0.900. The van der Waals surface area contributed by atoms with Crippen LogP contribution in [0.15, 0.2) is 24.3 Å². The normalized spacial score (nSPS) is 23.9. The number of aliphatic hydroxyl groups excluding tert-OH is 1. The third-order valence-electron chi connectivity index (χ3n) is 4.51. The molecule has 1 aromatic carbocycles. The second kappa shape index (κ2) is 5.93. The molecule has 1 aliphatic rings. The zero-order valence-electron chi connectivity index (χ0n) is 12.4. The smallest absolute Gasteiger partial charge is 0.0632 e. The fraction of sp³-hybridized carbons (Fsp3) is 0.625. The monoisotopic (exact) mass is 262 g/mol. The highest BCUT2D eigenvalue weighted by Gasteiger charge is 2.37. The molecule has 0 radical (unpaired) electrons. The van der Waals surface area contributed by atoms with Crippen molar-refractivity contribution in [3.8, 4) is 0 Å². The maximum absolute atomic E-state index is 9.83. The van der Waals surface area contributed by atoms with Gasteiger partial charge in [-0.1, -0.05) is 25.1 Å². The molecule has 0 aromatic heterocycles. The third kappa shape index (κ3) is 2.77. The van der Waals surface area contributed by atoms with Crippen molar-refractivity contribution in [2.45, 2.75) is 31.7 Å². The van der Waals surface area contributed by atoms with Crippen LogP contribution in [-0.2, 0) is 6.42 Å². The molecule has 1 atom stereocenters.